The molecule has 0 aliphatic carbocycles. The highest BCUT2D eigenvalue weighted by Gasteiger charge is 2.06. The SMILES string of the molecule is C[C@H](N)c1ccc(OCCn2ccccc2=O)c(Cl)c1. The minimum absolute atomic E-state index is 0.0468. The van der Waals surface area contributed by atoms with Crippen LogP contribution in [-0.2, 0) is 6.54 Å². The van der Waals surface area contributed by atoms with Crippen LogP contribution < -0.4 is 16.0 Å². The molecule has 2 N–H and O–H groups in total. The molecule has 4 nitrogen and oxygen atoms in total. The summed E-state index contributed by atoms with van der Waals surface area (Å²) in [5, 5.41) is 0.528. The lowest BCUT2D eigenvalue weighted by molar-refractivity contribution is 0.296. The van der Waals surface area contributed by atoms with Crippen LogP contribution >= 0.6 is 11.6 Å². The Hall–Kier alpha value is -1.78. The first kappa shape index (κ1) is 14.6. The summed E-state index contributed by atoms with van der Waals surface area (Å²) in [6.45, 7) is 2.75. The number of hydrogen-bond donors (Lipinski definition) is 1. The van der Waals surface area contributed by atoms with E-state index < -0.39 is 0 Å². The summed E-state index contributed by atoms with van der Waals surface area (Å²) in [7, 11) is 0. The van der Waals surface area contributed by atoms with Gasteiger partial charge >= 0.3 is 0 Å². The van der Waals surface area contributed by atoms with Gasteiger partial charge in [-0.05, 0) is 30.7 Å². The molecule has 1 aromatic carbocycles. The topological polar surface area (TPSA) is 57.2 Å². The maximum absolute atomic E-state index is 11.5. The zero-order chi connectivity index (χ0) is 14.5. The lowest BCUT2D eigenvalue weighted by atomic mass is 10.1. The van der Waals surface area contributed by atoms with Crippen LogP contribution in [0.1, 0.15) is 18.5 Å². The molecule has 1 aromatic heterocycles. The van der Waals surface area contributed by atoms with Crippen molar-refractivity contribution in [1.82, 2.24) is 4.57 Å². The second-order valence-electron chi connectivity index (χ2n) is 4.56. The molecule has 0 fully saturated rings. The van der Waals surface area contributed by atoms with Gasteiger partial charge in [-0.15, -0.1) is 0 Å². The van der Waals surface area contributed by atoms with Gasteiger partial charge in [0.15, 0.2) is 0 Å². The third kappa shape index (κ3) is 3.62. The molecule has 0 aliphatic rings. The van der Waals surface area contributed by atoms with Gasteiger partial charge in [0.2, 0.25) is 0 Å². The van der Waals surface area contributed by atoms with E-state index in [1.54, 1.807) is 29.0 Å². The van der Waals surface area contributed by atoms with Gasteiger partial charge < -0.3 is 15.0 Å². The minimum atomic E-state index is -0.0653. The van der Waals surface area contributed by atoms with Crippen molar-refractivity contribution in [3.63, 3.8) is 0 Å². The van der Waals surface area contributed by atoms with Crippen molar-refractivity contribution in [2.45, 2.75) is 19.5 Å². The zero-order valence-corrected chi connectivity index (χ0v) is 12.0. The first-order chi connectivity index (χ1) is 9.58. The molecule has 2 aromatic rings. The Morgan fingerprint density at radius 2 is 2.15 bits per heavy atom. The molecule has 0 saturated carbocycles. The molecule has 0 radical (unpaired) electrons. The number of aromatic nitrogens is 1. The molecule has 0 amide bonds. The van der Waals surface area contributed by atoms with Crippen molar-refractivity contribution < 1.29 is 4.74 Å². The predicted octanol–water partition coefficient (Wildman–Crippen LogP) is 2.60. The van der Waals surface area contributed by atoms with E-state index in [9.17, 15) is 4.79 Å². The van der Waals surface area contributed by atoms with E-state index >= 15 is 0 Å². The number of ether oxygens (including phenoxy) is 1. The summed E-state index contributed by atoms with van der Waals surface area (Å²) in [4.78, 5) is 11.5. The van der Waals surface area contributed by atoms with Gasteiger partial charge in [0.1, 0.15) is 12.4 Å². The Labute approximate surface area is 122 Å². The van der Waals surface area contributed by atoms with Crippen molar-refractivity contribution in [1.29, 1.82) is 0 Å². The molecule has 5 heteroatoms. The largest absolute Gasteiger partial charge is 0.490 e. The number of hydrogen-bond acceptors (Lipinski definition) is 3. The number of benzene rings is 1. The fraction of sp³-hybridized carbons (Fsp3) is 0.267. The second kappa shape index (κ2) is 6.59. The number of pyridine rings is 1. The molecular weight excluding hydrogens is 276 g/mol. The first-order valence-electron chi connectivity index (χ1n) is 6.41. The Balaban J connectivity index is 1.98. The molecule has 0 aliphatic heterocycles. The summed E-state index contributed by atoms with van der Waals surface area (Å²) in [6, 6.07) is 10.5. The van der Waals surface area contributed by atoms with Gasteiger partial charge in [0, 0.05) is 18.3 Å². The van der Waals surface area contributed by atoms with E-state index in [0.717, 1.165) is 5.56 Å². The first-order valence-corrected chi connectivity index (χ1v) is 6.79. The van der Waals surface area contributed by atoms with Crippen LogP contribution in [0.5, 0.6) is 5.75 Å². The fourth-order valence-corrected chi connectivity index (χ4v) is 2.06. The summed E-state index contributed by atoms with van der Waals surface area (Å²) in [5.41, 5.74) is 6.70. The standard InChI is InChI=1S/C15H17ClN2O2/c1-11(17)12-5-6-14(13(16)10-12)20-9-8-18-7-3-2-4-15(18)19/h2-7,10-11H,8-9,17H2,1H3/t11-/m0/s1. The van der Waals surface area contributed by atoms with Gasteiger partial charge in [0.25, 0.3) is 5.56 Å². The molecule has 106 valence electrons. The predicted molar refractivity (Wildman–Crippen MR) is 80.3 cm³/mol. The molecular formula is C15H17ClN2O2. The summed E-state index contributed by atoms with van der Waals surface area (Å²) < 4.78 is 7.19. The highest BCUT2D eigenvalue weighted by atomic mass is 35.5. The van der Waals surface area contributed by atoms with Crippen molar-refractivity contribution in [2.24, 2.45) is 5.73 Å². The molecule has 0 spiro atoms. The number of nitrogens with zero attached hydrogens (tertiary/aromatic N) is 1. The van der Waals surface area contributed by atoms with Gasteiger partial charge in [-0.2, -0.15) is 0 Å². The van der Waals surface area contributed by atoms with Crippen LogP contribution in [0.15, 0.2) is 47.4 Å². The van der Waals surface area contributed by atoms with E-state index in [2.05, 4.69) is 0 Å². The van der Waals surface area contributed by atoms with Gasteiger partial charge in [0.05, 0.1) is 11.6 Å². The average Bonchev–Trinajstić information content (AvgIpc) is 2.42. The lowest BCUT2D eigenvalue weighted by Crippen LogP contribution is -2.21. The van der Waals surface area contributed by atoms with Gasteiger partial charge in [-0.25, -0.2) is 0 Å². The molecule has 1 atom stereocenters. The normalized spacial score (nSPS) is 12.2. The lowest BCUT2D eigenvalue weighted by Gasteiger charge is -2.12. The number of rotatable bonds is 5. The van der Waals surface area contributed by atoms with Crippen molar-refractivity contribution in [3.8, 4) is 5.75 Å². The highest BCUT2D eigenvalue weighted by molar-refractivity contribution is 6.32. The highest BCUT2D eigenvalue weighted by Crippen LogP contribution is 2.27. The summed E-state index contributed by atoms with van der Waals surface area (Å²) >= 11 is 6.14. The number of halogens is 1. The Morgan fingerprint density at radius 1 is 1.35 bits per heavy atom. The Bertz CT molecular complexity index is 638. The van der Waals surface area contributed by atoms with Gasteiger partial charge in [-0.3, -0.25) is 4.79 Å². The zero-order valence-electron chi connectivity index (χ0n) is 11.3. The molecule has 0 bridgehead atoms. The van der Waals surface area contributed by atoms with Crippen LogP contribution in [0.4, 0.5) is 0 Å². The third-order valence-corrected chi connectivity index (χ3v) is 3.27. The van der Waals surface area contributed by atoms with Crippen molar-refractivity contribution in [3.05, 3.63) is 63.5 Å². The maximum atomic E-state index is 11.5. The van der Waals surface area contributed by atoms with E-state index in [1.807, 2.05) is 19.1 Å². The Kier molecular flexibility index (Phi) is 4.82. The smallest absolute Gasteiger partial charge is 0.250 e. The molecule has 2 rings (SSSR count). The van der Waals surface area contributed by atoms with Crippen LogP contribution in [0.3, 0.4) is 0 Å². The number of nitrogens with two attached hydrogens (primary N) is 1. The van der Waals surface area contributed by atoms with E-state index in [0.29, 0.717) is 23.9 Å². The van der Waals surface area contributed by atoms with Crippen molar-refractivity contribution >= 4 is 11.6 Å². The van der Waals surface area contributed by atoms with E-state index in [4.69, 9.17) is 22.1 Å². The molecule has 0 unspecified atom stereocenters. The van der Waals surface area contributed by atoms with E-state index in [-0.39, 0.29) is 11.6 Å². The van der Waals surface area contributed by atoms with Gasteiger partial charge in [-0.1, -0.05) is 23.7 Å². The van der Waals surface area contributed by atoms with Crippen LogP contribution in [0.2, 0.25) is 5.02 Å². The van der Waals surface area contributed by atoms with E-state index in [1.165, 1.54) is 6.07 Å². The average molecular weight is 293 g/mol. The molecule has 0 saturated heterocycles. The fourth-order valence-electron chi connectivity index (χ4n) is 1.82. The summed E-state index contributed by atoms with van der Waals surface area (Å²) in [6.07, 6.45) is 1.73. The quantitative estimate of drug-likeness (QED) is 0.921. The molecule has 1 heterocycles. The third-order valence-electron chi connectivity index (χ3n) is 2.97. The van der Waals surface area contributed by atoms with Crippen LogP contribution in [0.25, 0.3) is 0 Å². The minimum Gasteiger partial charge on any atom is -0.490 e. The second-order valence-corrected chi connectivity index (χ2v) is 4.97. The summed E-state index contributed by atoms with van der Waals surface area (Å²) in [5.74, 6) is 0.597. The van der Waals surface area contributed by atoms with Crippen molar-refractivity contribution in [2.75, 3.05) is 6.61 Å². The monoisotopic (exact) mass is 292 g/mol. The van der Waals surface area contributed by atoms with Crippen LogP contribution in [0, 0.1) is 0 Å². The van der Waals surface area contributed by atoms with Crippen LogP contribution in [-0.4, -0.2) is 11.2 Å². The maximum Gasteiger partial charge on any atom is 0.250 e. The Morgan fingerprint density at radius 3 is 2.80 bits per heavy atom. The molecule has 20 heavy (non-hydrogen) atoms.